The fraction of sp³-hybridized carbons (Fsp3) is 0.667. The zero-order chi connectivity index (χ0) is 10.5. The molecule has 0 amide bonds. The van der Waals surface area contributed by atoms with Crippen LogP contribution >= 0.6 is 12.2 Å². The Morgan fingerprint density at radius 3 is 2.54 bits per heavy atom. The minimum absolute atomic E-state index is 0.0797. The molecule has 7 heteroatoms. The molecule has 0 heterocycles. The third kappa shape index (κ3) is 4.29. The van der Waals surface area contributed by atoms with Gasteiger partial charge in [-0.15, -0.1) is 0 Å². The van der Waals surface area contributed by atoms with E-state index < -0.39 is 5.54 Å². The molecule has 0 rings (SSSR count). The third-order valence-electron chi connectivity index (χ3n) is 1.51. The summed E-state index contributed by atoms with van der Waals surface area (Å²) in [6, 6.07) is 0. The molecular weight excluding hydrogens is 188 g/mol. The maximum atomic E-state index is 8.26. The Hall–Kier alpha value is -1.33. The lowest BCUT2D eigenvalue weighted by molar-refractivity contribution is 0.681. The second kappa shape index (κ2) is 4.64. The highest BCUT2D eigenvalue weighted by molar-refractivity contribution is 7.80. The van der Waals surface area contributed by atoms with Crippen molar-refractivity contribution in [2.75, 3.05) is 0 Å². The Morgan fingerprint density at radius 2 is 2.15 bits per heavy atom. The van der Waals surface area contributed by atoms with Gasteiger partial charge in [0.2, 0.25) is 0 Å². The van der Waals surface area contributed by atoms with Crippen molar-refractivity contribution in [1.82, 2.24) is 5.43 Å². The Bertz CT molecular complexity index is 275. The minimum Gasteiger partial charge on any atom is -0.375 e. The van der Waals surface area contributed by atoms with E-state index in [2.05, 4.69) is 32.8 Å². The molecule has 0 aromatic rings. The molecule has 0 saturated carbocycles. The van der Waals surface area contributed by atoms with Gasteiger partial charge in [0, 0.05) is 10.6 Å². The van der Waals surface area contributed by atoms with Crippen molar-refractivity contribution in [2.24, 2.45) is 15.9 Å². The van der Waals surface area contributed by atoms with Gasteiger partial charge >= 0.3 is 0 Å². The fourth-order valence-corrected chi connectivity index (χ4v) is 0.506. The number of nitrogens with zero attached hydrogens (tertiary/aromatic N) is 4. The van der Waals surface area contributed by atoms with Gasteiger partial charge in [0.05, 0.1) is 5.54 Å². The first-order chi connectivity index (χ1) is 5.90. The van der Waals surface area contributed by atoms with E-state index in [9.17, 15) is 0 Å². The highest BCUT2D eigenvalue weighted by Crippen LogP contribution is 2.11. The van der Waals surface area contributed by atoms with Gasteiger partial charge in [-0.25, -0.2) is 0 Å². The first-order valence-corrected chi connectivity index (χ1v) is 3.97. The van der Waals surface area contributed by atoms with E-state index in [-0.39, 0.29) is 5.11 Å². The molecule has 0 aromatic heterocycles. The summed E-state index contributed by atoms with van der Waals surface area (Å²) in [6.07, 6.45) is 0. The fourth-order valence-electron chi connectivity index (χ4n) is 0.460. The summed E-state index contributed by atoms with van der Waals surface area (Å²) < 4.78 is 0. The van der Waals surface area contributed by atoms with Crippen LogP contribution in [0.5, 0.6) is 0 Å². The summed E-state index contributed by atoms with van der Waals surface area (Å²) in [7, 11) is 0. The topological polar surface area (TPSA) is 99.2 Å². The monoisotopic (exact) mass is 200 g/mol. The summed E-state index contributed by atoms with van der Waals surface area (Å²) >= 11 is 4.56. The van der Waals surface area contributed by atoms with Crippen LogP contribution < -0.4 is 11.2 Å². The van der Waals surface area contributed by atoms with Gasteiger partial charge in [0.1, 0.15) is 0 Å². The molecule has 0 aliphatic rings. The molecular formula is C6H12N6S. The molecule has 0 bridgehead atoms. The maximum absolute atomic E-state index is 8.26. The van der Waals surface area contributed by atoms with E-state index in [4.69, 9.17) is 11.3 Å². The van der Waals surface area contributed by atoms with Gasteiger partial charge < -0.3 is 5.73 Å². The molecule has 0 fully saturated rings. The lowest BCUT2D eigenvalue weighted by atomic mass is 10.0. The van der Waals surface area contributed by atoms with Crippen molar-refractivity contribution in [3.8, 4) is 0 Å². The molecule has 0 saturated heterocycles. The summed E-state index contributed by atoms with van der Waals surface area (Å²) in [5.41, 5.74) is 15.8. The summed E-state index contributed by atoms with van der Waals surface area (Å²) in [5.74, 6) is 0. The zero-order valence-electron chi connectivity index (χ0n) is 7.77. The molecule has 72 valence electrons. The van der Waals surface area contributed by atoms with Crippen LogP contribution in [0.4, 0.5) is 0 Å². The minimum atomic E-state index is -0.674. The first kappa shape index (κ1) is 11.7. The lowest BCUT2D eigenvalue weighted by Gasteiger charge is -2.16. The number of azide groups is 1. The van der Waals surface area contributed by atoms with E-state index in [1.165, 1.54) is 0 Å². The van der Waals surface area contributed by atoms with Crippen LogP contribution in [0, 0.1) is 0 Å². The Balaban J connectivity index is 4.56. The SMILES string of the molecule is C/C(=N\NC(N)=S)C(C)(C)N=[N+]=[N-]. The van der Waals surface area contributed by atoms with Crippen molar-refractivity contribution in [3.05, 3.63) is 10.4 Å². The molecule has 6 nitrogen and oxygen atoms in total. The molecule has 3 N–H and O–H groups in total. The van der Waals surface area contributed by atoms with Gasteiger partial charge in [0.15, 0.2) is 5.11 Å². The Morgan fingerprint density at radius 1 is 1.62 bits per heavy atom. The molecule has 0 atom stereocenters. The van der Waals surface area contributed by atoms with Crippen LogP contribution in [0.2, 0.25) is 0 Å². The zero-order valence-corrected chi connectivity index (χ0v) is 8.59. The number of nitrogens with one attached hydrogen (secondary N) is 1. The van der Waals surface area contributed by atoms with Crippen molar-refractivity contribution < 1.29 is 0 Å². The van der Waals surface area contributed by atoms with Crippen LogP contribution in [0.15, 0.2) is 10.2 Å². The second-order valence-electron chi connectivity index (χ2n) is 2.92. The Labute approximate surface area is 81.8 Å². The highest BCUT2D eigenvalue weighted by atomic mass is 32.1. The first-order valence-electron chi connectivity index (χ1n) is 3.56. The van der Waals surface area contributed by atoms with Crippen LogP contribution in [0.25, 0.3) is 10.4 Å². The number of rotatable bonds is 3. The molecule has 0 aliphatic heterocycles. The van der Waals surface area contributed by atoms with Gasteiger partial charge in [-0.3, -0.25) is 5.43 Å². The van der Waals surface area contributed by atoms with Crippen molar-refractivity contribution in [2.45, 2.75) is 26.3 Å². The highest BCUT2D eigenvalue weighted by Gasteiger charge is 2.19. The summed E-state index contributed by atoms with van der Waals surface area (Å²) in [5, 5.41) is 7.49. The maximum Gasteiger partial charge on any atom is 0.184 e. The molecule has 0 radical (unpaired) electrons. The van der Waals surface area contributed by atoms with Gasteiger partial charge in [-0.2, -0.15) is 5.10 Å². The molecule has 13 heavy (non-hydrogen) atoms. The van der Waals surface area contributed by atoms with Crippen LogP contribution in [-0.2, 0) is 0 Å². The number of hydrogen-bond acceptors (Lipinski definition) is 3. The van der Waals surface area contributed by atoms with Gasteiger partial charge in [0.25, 0.3) is 0 Å². The third-order valence-corrected chi connectivity index (χ3v) is 1.61. The number of thiocarbonyl (C=S) groups is 1. The normalized spacial score (nSPS) is 11.8. The van der Waals surface area contributed by atoms with E-state index in [0.717, 1.165) is 0 Å². The number of hydrogen-bond donors (Lipinski definition) is 2. The second-order valence-corrected chi connectivity index (χ2v) is 3.36. The number of nitrogens with two attached hydrogens (primary N) is 1. The van der Waals surface area contributed by atoms with Crippen LogP contribution in [0.1, 0.15) is 20.8 Å². The Kier molecular flexibility index (Phi) is 4.16. The number of hydrazone groups is 1. The van der Waals surface area contributed by atoms with Crippen LogP contribution in [0.3, 0.4) is 0 Å². The molecule has 0 aromatic carbocycles. The largest absolute Gasteiger partial charge is 0.375 e. The molecule has 0 aliphatic carbocycles. The predicted octanol–water partition coefficient (Wildman–Crippen LogP) is 1.28. The molecule has 0 unspecified atom stereocenters. The van der Waals surface area contributed by atoms with Gasteiger partial charge in [-0.1, -0.05) is 5.11 Å². The quantitative estimate of drug-likeness (QED) is 0.179. The van der Waals surface area contributed by atoms with Gasteiger partial charge in [-0.05, 0) is 38.5 Å². The van der Waals surface area contributed by atoms with E-state index in [1.54, 1.807) is 20.8 Å². The lowest BCUT2D eigenvalue weighted by Crippen LogP contribution is -2.31. The van der Waals surface area contributed by atoms with Crippen LogP contribution in [-0.4, -0.2) is 16.4 Å². The summed E-state index contributed by atoms with van der Waals surface area (Å²) in [4.78, 5) is 2.71. The van der Waals surface area contributed by atoms with Crippen molar-refractivity contribution in [1.29, 1.82) is 0 Å². The standard InChI is InChI=1S/C6H12N6S/c1-4(9-10-5(7)13)6(2,3)11-12-8/h1-3H3,(H3,7,10,13)/b9-4+. The predicted molar refractivity (Wildman–Crippen MR) is 56.3 cm³/mol. The summed E-state index contributed by atoms with van der Waals surface area (Å²) in [6.45, 7) is 5.21. The van der Waals surface area contributed by atoms with E-state index in [1.807, 2.05) is 0 Å². The van der Waals surface area contributed by atoms with Crippen molar-refractivity contribution >= 4 is 23.0 Å². The van der Waals surface area contributed by atoms with E-state index in [0.29, 0.717) is 5.71 Å². The smallest absolute Gasteiger partial charge is 0.184 e. The average Bonchev–Trinajstić information content (AvgIpc) is 1.99. The molecule has 0 spiro atoms. The van der Waals surface area contributed by atoms with Crippen molar-refractivity contribution in [3.63, 3.8) is 0 Å². The average molecular weight is 200 g/mol. The van der Waals surface area contributed by atoms with E-state index >= 15 is 0 Å².